The summed E-state index contributed by atoms with van der Waals surface area (Å²) in [7, 11) is 3.24. The Morgan fingerprint density at radius 3 is 2.57 bits per heavy atom. The first-order valence-electron chi connectivity index (χ1n) is 6.98. The first-order chi connectivity index (χ1) is 11.0. The van der Waals surface area contributed by atoms with Gasteiger partial charge < -0.3 is 14.4 Å². The molecule has 0 fully saturated rings. The summed E-state index contributed by atoms with van der Waals surface area (Å²) in [6.45, 7) is 0.845. The normalized spacial score (nSPS) is 10.3. The standard InChI is InChI=1S/C17H17BrClNO3/c1-20(9-10-23-14-6-3-12(18)4-7-14)17(21)15-11-13(19)5-8-16(15)22-2/h3-8,11H,9-10H2,1-2H3. The maximum absolute atomic E-state index is 12.5. The van der Waals surface area contributed by atoms with Crippen molar-refractivity contribution in [2.75, 3.05) is 27.3 Å². The SMILES string of the molecule is COc1ccc(Cl)cc1C(=O)N(C)CCOc1ccc(Br)cc1. The summed E-state index contributed by atoms with van der Waals surface area (Å²) < 4.78 is 11.8. The number of hydrogen-bond acceptors (Lipinski definition) is 3. The molecule has 0 N–H and O–H groups in total. The van der Waals surface area contributed by atoms with Crippen molar-refractivity contribution in [2.45, 2.75) is 0 Å². The number of likely N-dealkylation sites (N-methyl/N-ethyl adjacent to an activating group) is 1. The van der Waals surface area contributed by atoms with E-state index in [1.807, 2.05) is 24.3 Å². The number of methoxy groups -OCH3 is 1. The molecule has 0 aliphatic carbocycles. The topological polar surface area (TPSA) is 38.8 Å². The molecule has 0 saturated heterocycles. The van der Waals surface area contributed by atoms with Crippen LogP contribution >= 0.6 is 27.5 Å². The number of carbonyl (C=O) groups excluding carboxylic acids is 1. The van der Waals surface area contributed by atoms with Gasteiger partial charge in [0.2, 0.25) is 0 Å². The van der Waals surface area contributed by atoms with Gasteiger partial charge in [-0.3, -0.25) is 4.79 Å². The van der Waals surface area contributed by atoms with Crippen LogP contribution in [0.2, 0.25) is 5.02 Å². The van der Waals surface area contributed by atoms with Gasteiger partial charge in [0.05, 0.1) is 19.2 Å². The van der Waals surface area contributed by atoms with Crippen molar-refractivity contribution in [1.82, 2.24) is 4.90 Å². The fraction of sp³-hybridized carbons (Fsp3) is 0.235. The smallest absolute Gasteiger partial charge is 0.257 e. The number of carbonyl (C=O) groups is 1. The Kier molecular flexibility index (Phi) is 6.30. The highest BCUT2D eigenvalue weighted by atomic mass is 79.9. The molecule has 0 aromatic heterocycles. The second-order valence-electron chi connectivity index (χ2n) is 4.87. The fourth-order valence-corrected chi connectivity index (χ4v) is 2.42. The average molecular weight is 399 g/mol. The van der Waals surface area contributed by atoms with E-state index in [0.717, 1.165) is 10.2 Å². The Morgan fingerprint density at radius 1 is 1.22 bits per heavy atom. The summed E-state index contributed by atoms with van der Waals surface area (Å²) in [6, 6.07) is 12.5. The number of ether oxygens (including phenoxy) is 2. The van der Waals surface area contributed by atoms with Gasteiger partial charge in [-0.25, -0.2) is 0 Å². The first-order valence-corrected chi connectivity index (χ1v) is 8.15. The lowest BCUT2D eigenvalue weighted by molar-refractivity contribution is 0.0770. The first kappa shape index (κ1) is 17.6. The molecule has 2 aromatic carbocycles. The molecule has 0 heterocycles. The van der Waals surface area contributed by atoms with Gasteiger partial charge in [0, 0.05) is 16.5 Å². The Bertz CT molecular complexity index is 676. The van der Waals surface area contributed by atoms with Crippen LogP contribution in [0.25, 0.3) is 0 Å². The maximum Gasteiger partial charge on any atom is 0.257 e. The molecule has 0 atom stereocenters. The van der Waals surface area contributed by atoms with Gasteiger partial charge in [-0.1, -0.05) is 27.5 Å². The van der Waals surface area contributed by atoms with E-state index in [4.69, 9.17) is 21.1 Å². The van der Waals surface area contributed by atoms with Crippen LogP contribution in [-0.2, 0) is 0 Å². The Morgan fingerprint density at radius 2 is 1.91 bits per heavy atom. The molecule has 0 spiro atoms. The zero-order valence-corrected chi connectivity index (χ0v) is 15.2. The number of nitrogens with zero attached hydrogens (tertiary/aromatic N) is 1. The highest BCUT2D eigenvalue weighted by Crippen LogP contribution is 2.23. The molecule has 2 rings (SSSR count). The molecule has 0 aliphatic heterocycles. The third kappa shape index (κ3) is 4.88. The molecule has 6 heteroatoms. The Balaban J connectivity index is 1.95. The molecule has 0 bridgehead atoms. The molecule has 23 heavy (non-hydrogen) atoms. The van der Waals surface area contributed by atoms with Crippen LogP contribution in [-0.4, -0.2) is 38.1 Å². The lowest BCUT2D eigenvalue weighted by atomic mass is 10.1. The molecule has 122 valence electrons. The van der Waals surface area contributed by atoms with Crippen LogP contribution in [0.4, 0.5) is 0 Å². The van der Waals surface area contributed by atoms with E-state index in [0.29, 0.717) is 29.5 Å². The summed E-state index contributed by atoms with van der Waals surface area (Å²) in [4.78, 5) is 14.1. The van der Waals surface area contributed by atoms with Crippen molar-refractivity contribution in [3.8, 4) is 11.5 Å². The number of hydrogen-bond donors (Lipinski definition) is 0. The zero-order chi connectivity index (χ0) is 16.8. The summed E-state index contributed by atoms with van der Waals surface area (Å²) >= 11 is 9.33. The van der Waals surface area contributed by atoms with Crippen LogP contribution < -0.4 is 9.47 Å². The minimum Gasteiger partial charge on any atom is -0.496 e. The van der Waals surface area contributed by atoms with Crippen molar-refractivity contribution in [1.29, 1.82) is 0 Å². The third-order valence-corrected chi connectivity index (χ3v) is 4.01. The van der Waals surface area contributed by atoms with E-state index >= 15 is 0 Å². The van der Waals surface area contributed by atoms with Crippen LogP contribution in [0, 0.1) is 0 Å². The average Bonchev–Trinajstić information content (AvgIpc) is 2.55. The summed E-state index contributed by atoms with van der Waals surface area (Å²) in [5.41, 5.74) is 0.436. The Labute approximate surface area is 149 Å². The molecule has 0 aliphatic rings. The second kappa shape index (κ2) is 8.22. The summed E-state index contributed by atoms with van der Waals surface area (Å²) in [5.74, 6) is 1.10. The van der Waals surface area contributed by atoms with Gasteiger partial charge in [-0.2, -0.15) is 0 Å². The quantitative estimate of drug-likeness (QED) is 0.730. The van der Waals surface area contributed by atoms with Gasteiger partial charge in [0.1, 0.15) is 18.1 Å². The van der Waals surface area contributed by atoms with Gasteiger partial charge in [0.15, 0.2) is 0 Å². The van der Waals surface area contributed by atoms with Gasteiger partial charge in [-0.05, 0) is 42.5 Å². The molecule has 0 unspecified atom stereocenters. The van der Waals surface area contributed by atoms with E-state index in [1.54, 1.807) is 30.1 Å². The van der Waals surface area contributed by atoms with Crippen LogP contribution in [0.1, 0.15) is 10.4 Å². The van der Waals surface area contributed by atoms with Crippen molar-refractivity contribution in [2.24, 2.45) is 0 Å². The molecule has 2 aromatic rings. The number of benzene rings is 2. The van der Waals surface area contributed by atoms with Crippen molar-refractivity contribution in [3.05, 3.63) is 57.5 Å². The van der Waals surface area contributed by atoms with Crippen molar-refractivity contribution < 1.29 is 14.3 Å². The molecule has 1 amide bonds. The number of amides is 1. The minimum absolute atomic E-state index is 0.163. The van der Waals surface area contributed by atoms with E-state index in [1.165, 1.54) is 7.11 Å². The Hall–Kier alpha value is -1.72. The molecular formula is C17H17BrClNO3. The predicted octanol–water partition coefficient (Wildman–Crippen LogP) is 4.26. The largest absolute Gasteiger partial charge is 0.496 e. The van der Waals surface area contributed by atoms with E-state index in [9.17, 15) is 4.79 Å². The number of rotatable bonds is 6. The second-order valence-corrected chi connectivity index (χ2v) is 6.23. The minimum atomic E-state index is -0.163. The zero-order valence-electron chi connectivity index (χ0n) is 12.9. The fourth-order valence-electron chi connectivity index (χ4n) is 1.99. The highest BCUT2D eigenvalue weighted by Gasteiger charge is 2.17. The lowest BCUT2D eigenvalue weighted by Gasteiger charge is -2.19. The summed E-state index contributed by atoms with van der Waals surface area (Å²) in [5, 5.41) is 0.494. The molecule has 0 saturated carbocycles. The predicted molar refractivity (Wildman–Crippen MR) is 94.6 cm³/mol. The van der Waals surface area contributed by atoms with E-state index in [2.05, 4.69) is 15.9 Å². The monoisotopic (exact) mass is 397 g/mol. The van der Waals surface area contributed by atoms with Crippen LogP contribution in [0.3, 0.4) is 0 Å². The van der Waals surface area contributed by atoms with E-state index in [-0.39, 0.29) is 5.91 Å². The van der Waals surface area contributed by atoms with Crippen molar-refractivity contribution in [3.63, 3.8) is 0 Å². The van der Waals surface area contributed by atoms with Gasteiger partial charge in [-0.15, -0.1) is 0 Å². The molecule has 0 radical (unpaired) electrons. The third-order valence-electron chi connectivity index (χ3n) is 3.25. The molecular weight excluding hydrogens is 382 g/mol. The van der Waals surface area contributed by atoms with Gasteiger partial charge in [0.25, 0.3) is 5.91 Å². The molecule has 4 nitrogen and oxygen atoms in total. The maximum atomic E-state index is 12.5. The lowest BCUT2D eigenvalue weighted by Crippen LogP contribution is -2.31. The van der Waals surface area contributed by atoms with Crippen LogP contribution in [0.15, 0.2) is 46.9 Å². The van der Waals surface area contributed by atoms with E-state index < -0.39 is 0 Å². The highest BCUT2D eigenvalue weighted by molar-refractivity contribution is 9.10. The summed E-state index contributed by atoms with van der Waals surface area (Å²) in [6.07, 6.45) is 0. The van der Waals surface area contributed by atoms with Crippen LogP contribution in [0.5, 0.6) is 11.5 Å². The number of halogens is 2. The van der Waals surface area contributed by atoms with Crippen molar-refractivity contribution >= 4 is 33.4 Å². The van der Waals surface area contributed by atoms with Gasteiger partial charge >= 0.3 is 0 Å².